The molecule has 0 aliphatic rings. The summed E-state index contributed by atoms with van der Waals surface area (Å²) in [7, 11) is 0. The van der Waals surface area contributed by atoms with E-state index in [1.165, 1.54) is 24.3 Å². The van der Waals surface area contributed by atoms with E-state index in [-0.39, 0.29) is 11.1 Å². The zero-order chi connectivity index (χ0) is 19.6. The number of hydrogen-bond acceptors (Lipinski definition) is 4. The fourth-order valence-corrected chi connectivity index (χ4v) is 2.59. The van der Waals surface area contributed by atoms with Crippen LogP contribution in [0.1, 0.15) is 63.5 Å². The molecule has 0 aromatic heterocycles. The van der Waals surface area contributed by atoms with Gasteiger partial charge in [-0.15, -0.1) is 4.72 Å². The number of nitrogens with one attached hydrogen (secondary N) is 1. The molecule has 0 radical (unpaired) electrons. The zero-order valence-corrected chi connectivity index (χ0v) is 16.0. The molecule has 1 rings (SSSR count). The number of ether oxygens (including phenoxy) is 1. The number of rotatable bonds is 4. The van der Waals surface area contributed by atoms with Crippen LogP contribution in [0.2, 0.25) is 0 Å². The fraction of sp³-hybridized carbons (Fsp3) is 0.588. The van der Waals surface area contributed by atoms with Crippen LogP contribution in [-0.2, 0) is 16.1 Å². The summed E-state index contributed by atoms with van der Waals surface area (Å²) in [6.45, 7) is 9.83. The van der Waals surface area contributed by atoms with E-state index >= 15 is 0 Å². The Labute approximate surface area is 149 Å². The number of alkyl halides is 3. The molecule has 142 valence electrons. The van der Waals surface area contributed by atoms with E-state index in [0.717, 1.165) is 0 Å². The molecule has 0 saturated heterocycles. The molecule has 0 aliphatic carbocycles. The van der Waals surface area contributed by atoms with Gasteiger partial charge < -0.3 is 9.29 Å². The number of carbonyl (C=O) groups excluding carboxylic acids is 1. The van der Waals surface area contributed by atoms with Gasteiger partial charge in [0.1, 0.15) is 10.3 Å². The van der Waals surface area contributed by atoms with Crippen molar-refractivity contribution in [2.45, 2.75) is 64.1 Å². The van der Waals surface area contributed by atoms with Gasteiger partial charge in [0.05, 0.1) is 5.56 Å². The molecular formula is C17H24F3NO3S. The Morgan fingerprint density at radius 2 is 1.56 bits per heavy atom. The van der Waals surface area contributed by atoms with Crippen molar-refractivity contribution in [2.75, 3.05) is 0 Å². The van der Waals surface area contributed by atoms with Crippen LogP contribution in [0.25, 0.3) is 0 Å². The molecular weight excluding hydrogens is 355 g/mol. The van der Waals surface area contributed by atoms with E-state index in [1.807, 2.05) is 0 Å². The van der Waals surface area contributed by atoms with Crippen molar-refractivity contribution in [2.24, 2.45) is 0 Å². The SMILES string of the molecule is CC(C)(C)OC(=O)c1ccc([C@@H](N[S+]([O-])C(C)(C)C)C(F)(F)F)cc1. The maximum Gasteiger partial charge on any atom is 0.412 e. The maximum atomic E-state index is 13.3. The number of halogens is 3. The second-order valence-corrected chi connectivity index (χ2v) is 9.60. The van der Waals surface area contributed by atoms with Crippen LogP contribution in [0.15, 0.2) is 24.3 Å². The highest BCUT2D eigenvalue weighted by molar-refractivity contribution is 7.90. The van der Waals surface area contributed by atoms with E-state index in [1.54, 1.807) is 41.5 Å². The molecule has 1 aromatic carbocycles. The Morgan fingerprint density at radius 1 is 1.08 bits per heavy atom. The third kappa shape index (κ3) is 6.87. The predicted molar refractivity (Wildman–Crippen MR) is 91.4 cm³/mol. The van der Waals surface area contributed by atoms with E-state index in [0.29, 0.717) is 0 Å². The van der Waals surface area contributed by atoms with Crippen LogP contribution in [0, 0.1) is 0 Å². The lowest BCUT2D eigenvalue weighted by Crippen LogP contribution is -2.45. The Hall–Kier alpha value is -1.25. The van der Waals surface area contributed by atoms with E-state index in [9.17, 15) is 22.5 Å². The van der Waals surface area contributed by atoms with Crippen LogP contribution in [0.5, 0.6) is 0 Å². The van der Waals surface area contributed by atoms with Gasteiger partial charge in [-0.05, 0) is 59.2 Å². The summed E-state index contributed by atoms with van der Waals surface area (Å²) in [5, 5.41) is 0. The summed E-state index contributed by atoms with van der Waals surface area (Å²) in [6, 6.07) is 2.81. The van der Waals surface area contributed by atoms with Crippen molar-refractivity contribution in [1.82, 2.24) is 4.72 Å². The van der Waals surface area contributed by atoms with Gasteiger partial charge in [-0.3, -0.25) is 0 Å². The van der Waals surface area contributed by atoms with Gasteiger partial charge in [-0.2, -0.15) is 13.2 Å². The molecule has 8 heteroatoms. The Kier molecular flexibility index (Phi) is 6.58. The number of hydrogen-bond donors (Lipinski definition) is 1. The summed E-state index contributed by atoms with van der Waals surface area (Å²) in [5.41, 5.74) is -0.677. The predicted octanol–water partition coefficient (Wildman–Crippen LogP) is 4.30. The lowest BCUT2D eigenvalue weighted by molar-refractivity contribution is -0.153. The lowest BCUT2D eigenvalue weighted by Gasteiger charge is -2.29. The van der Waals surface area contributed by atoms with Gasteiger partial charge in [0.2, 0.25) is 0 Å². The van der Waals surface area contributed by atoms with Gasteiger partial charge in [0.15, 0.2) is 6.04 Å². The summed E-state index contributed by atoms with van der Waals surface area (Å²) in [5.74, 6) is -0.617. The second kappa shape index (κ2) is 7.55. The minimum atomic E-state index is -4.63. The van der Waals surface area contributed by atoms with Crippen LogP contribution in [0.3, 0.4) is 0 Å². The molecule has 1 unspecified atom stereocenters. The third-order valence-electron chi connectivity index (χ3n) is 2.99. The maximum absolute atomic E-state index is 13.3. The van der Waals surface area contributed by atoms with Crippen molar-refractivity contribution in [1.29, 1.82) is 0 Å². The van der Waals surface area contributed by atoms with Crippen molar-refractivity contribution in [3.05, 3.63) is 35.4 Å². The summed E-state index contributed by atoms with van der Waals surface area (Å²) < 4.78 is 58.6. The highest BCUT2D eigenvalue weighted by Crippen LogP contribution is 2.34. The topological polar surface area (TPSA) is 61.4 Å². The first-order valence-electron chi connectivity index (χ1n) is 7.69. The standard InChI is InChI=1S/C17H24F3NO3S/c1-15(2,3)24-14(22)12-9-7-11(8-10-12)13(17(18,19)20)21-25(23)16(4,5)6/h7-10,13,21H,1-6H3/t13-,25?/m1/s1. The highest BCUT2D eigenvalue weighted by atomic mass is 32.2. The number of benzene rings is 1. The average Bonchev–Trinajstić information content (AvgIpc) is 2.40. The van der Waals surface area contributed by atoms with Gasteiger partial charge in [0.25, 0.3) is 0 Å². The first-order valence-corrected chi connectivity index (χ1v) is 8.84. The van der Waals surface area contributed by atoms with Crippen LogP contribution in [0.4, 0.5) is 13.2 Å². The average molecular weight is 379 g/mol. The van der Waals surface area contributed by atoms with Crippen molar-refractivity contribution < 1.29 is 27.3 Å². The third-order valence-corrected chi connectivity index (χ3v) is 4.55. The summed E-state index contributed by atoms with van der Waals surface area (Å²) >= 11 is -1.90. The van der Waals surface area contributed by atoms with Crippen LogP contribution in [-0.4, -0.2) is 27.0 Å². The smallest absolute Gasteiger partial charge is 0.412 e. The first-order chi connectivity index (χ1) is 11.1. The Morgan fingerprint density at radius 3 is 1.92 bits per heavy atom. The van der Waals surface area contributed by atoms with E-state index in [4.69, 9.17) is 4.74 Å². The quantitative estimate of drug-likeness (QED) is 0.626. The molecule has 1 aromatic rings. The first kappa shape index (κ1) is 21.8. The van der Waals surface area contributed by atoms with Gasteiger partial charge in [-0.25, -0.2) is 4.79 Å². The molecule has 25 heavy (non-hydrogen) atoms. The minimum absolute atomic E-state index is 0.127. The molecule has 0 heterocycles. The largest absolute Gasteiger partial charge is 0.598 e. The normalized spacial score (nSPS) is 15.6. The van der Waals surface area contributed by atoms with Crippen molar-refractivity contribution in [3.63, 3.8) is 0 Å². The van der Waals surface area contributed by atoms with Crippen LogP contribution >= 0.6 is 0 Å². The lowest BCUT2D eigenvalue weighted by atomic mass is 10.0. The molecule has 1 N–H and O–H groups in total. The number of carbonyl (C=O) groups is 1. The highest BCUT2D eigenvalue weighted by Gasteiger charge is 2.45. The summed E-state index contributed by atoms with van der Waals surface area (Å²) in [4.78, 5) is 11.9. The second-order valence-electron chi connectivity index (χ2n) is 7.60. The minimum Gasteiger partial charge on any atom is -0.598 e. The van der Waals surface area contributed by atoms with E-state index in [2.05, 4.69) is 4.72 Å². The Balaban J connectivity index is 3.04. The van der Waals surface area contributed by atoms with E-state index < -0.39 is 39.9 Å². The molecule has 4 nitrogen and oxygen atoms in total. The van der Waals surface area contributed by atoms with Crippen LogP contribution < -0.4 is 4.72 Å². The summed E-state index contributed by atoms with van der Waals surface area (Å²) in [6.07, 6.45) is -4.63. The fourth-order valence-electron chi connectivity index (χ4n) is 1.76. The van der Waals surface area contributed by atoms with Gasteiger partial charge >= 0.3 is 12.1 Å². The molecule has 0 fully saturated rings. The van der Waals surface area contributed by atoms with Crippen molar-refractivity contribution >= 4 is 17.3 Å². The monoisotopic (exact) mass is 379 g/mol. The number of esters is 1. The zero-order valence-electron chi connectivity index (χ0n) is 15.2. The molecule has 0 aliphatic heterocycles. The molecule has 0 saturated carbocycles. The Bertz CT molecular complexity index is 589. The van der Waals surface area contributed by atoms with Crippen molar-refractivity contribution in [3.8, 4) is 0 Å². The molecule has 0 bridgehead atoms. The molecule has 2 atom stereocenters. The molecule has 0 spiro atoms. The molecule has 0 amide bonds. The van der Waals surface area contributed by atoms with Gasteiger partial charge in [0, 0.05) is 11.4 Å². The van der Waals surface area contributed by atoms with Gasteiger partial charge in [-0.1, -0.05) is 12.1 Å².